The second kappa shape index (κ2) is 8.38. The SMILES string of the molecule is O=C(CSc1nnc2c(Cl)cc(C(F)(F)F)cn12)N(Cc1ccco1)CC(F)(F)F. The van der Waals surface area contributed by atoms with Crippen LogP contribution >= 0.6 is 23.4 Å². The third-order valence-electron chi connectivity index (χ3n) is 3.73. The predicted octanol–water partition coefficient (Wildman–Crippen LogP) is 4.68. The number of carbonyl (C=O) groups is 1. The van der Waals surface area contributed by atoms with Crippen LogP contribution in [0.1, 0.15) is 11.3 Å². The number of rotatable bonds is 6. The molecule has 0 radical (unpaired) electrons. The Hall–Kier alpha value is -2.41. The second-order valence-electron chi connectivity index (χ2n) is 5.98. The van der Waals surface area contributed by atoms with Crippen molar-refractivity contribution in [1.82, 2.24) is 19.5 Å². The molecular weight excluding hydrogens is 462 g/mol. The Kier molecular flexibility index (Phi) is 6.22. The maximum Gasteiger partial charge on any atom is 0.417 e. The number of fused-ring (bicyclic) bond motifs is 1. The quantitative estimate of drug-likeness (QED) is 0.385. The van der Waals surface area contributed by atoms with Crippen LogP contribution in [-0.4, -0.2) is 43.9 Å². The first-order chi connectivity index (χ1) is 13.9. The van der Waals surface area contributed by atoms with Crippen LogP contribution in [0.15, 0.2) is 40.2 Å². The van der Waals surface area contributed by atoms with E-state index in [-0.39, 0.29) is 21.6 Å². The van der Waals surface area contributed by atoms with Crippen LogP contribution in [0, 0.1) is 0 Å². The minimum Gasteiger partial charge on any atom is -0.467 e. The van der Waals surface area contributed by atoms with E-state index in [1.54, 1.807) is 0 Å². The van der Waals surface area contributed by atoms with E-state index in [2.05, 4.69) is 10.2 Å². The monoisotopic (exact) mass is 472 g/mol. The molecule has 30 heavy (non-hydrogen) atoms. The summed E-state index contributed by atoms with van der Waals surface area (Å²) in [5.74, 6) is -1.29. The molecule has 0 unspecified atom stereocenters. The number of halogens is 7. The molecule has 3 rings (SSSR count). The summed E-state index contributed by atoms with van der Waals surface area (Å²) >= 11 is 6.44. The van der Waals surface area contributed by atoms with E-state index in [9.17, 15) is 31.1 Å². The molecule has 0 saturated heterocycles. The van der Waals surface area contributed by atoms with Gasteiger partial charge in [-0.3, -0.25) is 9.20 Å². The zero-order valence-electron chi connectivity index (χ0n) is 14.7. The fourth-order valence-electron chi connectivity index (χ4n) is 2.44. The van der Waals surface area contributed by atoms with Gasteiger partial charge in [-0.25, -0.2) is 0 Å². The highest BCUT2D eigenvalue weighted by molar-refractivity contribution is 7.99. The molecular formula is C16H11ClF6N4O2S. The molecule has 0 aromatic carbocycles. The van der Waals surface area contributed by atoms with Crippen LogP contribution in [0.3, 0.4) is 0 Å². The summed E-state index contributed by atoms with van der Waals surface area (Å²) in [5, 5.41) is 6.89. The van der Waals surface area contributed by atoms with Gasteiger partial charge in [0.25, 0.3) is 0 Å². The molecule has 6 nitrogen and oxygen atoms in total. The number of carbonyl (C=O) groups excluding carboxylic acids is 1. The summed E-state index contributed by atoms with van der Waals surface area (Å²) in [6.07, 6.45) is -7.38. The van der Waals surface area contributed by atoms with E-state index in [1.807, 2.05) is 0 Å². The lowest BCUT2D eigenvalue weighted by atomic mass is 10.3. The van der Waals surface area contributed by atoms with Gasteiger partial charge in [-0.1, -0.05) is 23.4 Å². The van der Waals surface area contributed by atoms with Crippen molar-refractivity contribution in [3.05, 3.63) is 47.0 Å². The normalized spacial score (nSPS) is 12.5. The van der Waals surface area contributed by atoms with Gasteiger partial charge in [-0.15, -0.1) is 10.2 Å². The molecule has 0 aliphatic heterocycles. The Morgan fingerprint density at radius 3 is 2.57 bits per heavy atom. The van der Waals surface area contributed by atoms with Crippen LogP contribution in [0.5, 0.6) is 0 Å². The molecule has 0 N–H and O–H groups in total. The minimum atomic E-state index is -4.69. The third-order valence-corrected chi connectivity index (χ3v) is 4.94. The van der Waals surface area contributed by atoms with Crippen molar-refractivity contribution in [2.24, 2.45) is 0 Å². The van der Waals surface area contributed by atoms with Gasteiger partial charge in [0.15, 0.2) is 10.8 Å². The molecule has 14 heteroatoms. The summed E-state index contributed by atoms with van der Waals surface area (Å²) in [4.78, 5) is 12.9. The minimum absolute atomic E-state index is 0.0812. The molecule has 3 aromatic rings. The number of aromatic nitrogens is 3. The van der Waals surface area contributed by atoms with E-state index in [0.717, 1.165) is 4.40 Å². The summed E-state index contributed by atoms with van der Waals surface area (Å²) in [6, 6.07) is 3.56. The van der Waals surface area contributed by atoms with Crippen molar-refractivity contribution in [1.29, 1.82) is 0 Å². The van der Waals surface area contributed by atoms with Gasteiger partial charge in [-0.2, -0.15) is 26.3 Å². The van der Waals surface area contributed by atoms with E-state index < -0.39 is 42.7 Å². The zero-order valence-corrected chi connectivity index (χ0v) is 16.2. The Balaban J connectivity index is 1.79. The summed E-state index contributed by atoms with van der Waals surface area (Å²) in [6.45, 7) is -1.94. The second-order valence-corrected chi connectivity index (χ2v) is 7.33. The van der Waals surface area contributed by atoms with Gasteiger partial charge in [0, 0.05) is 6.20 Å². The average Bonchev–Trinajstić information content (AvgIpc) is 3.27. The maximum atomic E-state index is 13.0. The zero-order chi connectivity index (χ0) is 22.1. The standard InChI is InChI=1S/C16H11ClF6N4O2S/c17-11-4-9(16(21,22)23)5-27-13(11)24-25-14(27)30-7-12(28)26(8-15(18,19)20)6-10-2-1-3-29-10/h1-5H,6-8H2. The number of hydrogen-bond donors (Lipinski definition) is 0. The summed E-state index contributed by atoms with van der Waals surface area (Å²) in [5.41, 5.74) is -1.15. The lowest BCUT2D eigenvalue weighted by molar-refractivity contribution is -0.161. The average molecular weight is 473 g/mol. The molecule has 162 valence electrons. The Bertz CT molecular complexity index is 1030. The van der Waals surface area contributed by atoms with Crippen LogP contribution < -0.4 is 0 Å². The highest BCUT2D eigenvalue weighted by Gasteiger charge is 2.34. The number of amides is 1. The van der Waals surface area contributed by atoms with Crippen molar-refractivity contribution in [3.63, 3.8) is 0 Å². The van der Waals surface area contributed by atoms with Crippen LogP contribution in [0.2, 0.25) is 5.02 Å². The fourth-order valence-corrected chi connectivity index (χ4v) is 3.50. The van der Waals surface area contributed by atoms with Crippen LogP contribution in [-0.2, 0) is 17.5 Å². The van der Waals surface area contributed by atoms with Crippen LogP contribution in [0.4, 0.5) is 26.3 Å². The van der Waals surface area contributed by atoms with E-state index in [1.165, 1.54) is 18.4 Å². The Morgan fingerprint density at radius 2 is 1.97 bits per heavy atom. The topological polar surface area (TPSA) is 63.6 Å². The highest BCUT2D eigenvalue weighted by Crippen LogP contribution is 2.33. The predicted molar refractivity (Wildman–Crippen MR) is 93.9 cm³/mol. The number of furan rings is 1. The van der Waals surface area contributed by atoms with E-state index in [0.29, 0.717) is 28.9 Å². The molecule has 0 fully saturated rings. The maximum absolute atomic E-state index is 13.0. The first kappa shape index (κ1) is 22.3. The van der Waals surface area contributed by atoms with Crippen molar-refractivity contribution in [2.45, 2.75) is 24.1 Å². The molecule has 0 aliphatic carbocycles. The smallest absolute Gasteiger partial charge is 0.417 e. The summed E-state index contributed by atoms with van der Waals surface area (Å²) in [7, 11) is 0. The van der Waals surface area contributed by atoms with E-state index >= 15 is 0 Å². The molecule has 0 atom stereocenters. The first-order valence-corrected chi connectivity index (χ1v) is 9.41. The molecule has 0 spiro atoms. The van der Waals surface area contributed by atoms with Crippen molar-refractivity contribution < 1.29 is 35.6 Å². The van der Waals surface area contributed by atoms with Gasteiger partial charge in [0.2, 0.25) is 5.91 Å². The van der Waals surface area contributed by atoms with Gasteiger partial charge in [-0.05, 0) is 18.2 Å². The fraction of sp³-hybridized carbons (Fsp3) is 0.312. The Morgan fingerprint density at radius 1 is 1.23 bits per heavy atom. The van der Waals surface area contributed by atoms with Crippen molar-refractivity contribution >= 4 is 34.9 Å². The molecule has 3 heterocycles. The molecule has 3 aromatic heterocycles. The van der Waals surface area contributed by atoms with Gasteiger partial charge in [0.1, 0.15) is 12.3 Å². The number of hydrogen-bond acceptors (Lipinski definition) is 5. The molecule has 1 amide bonds. The first-order valence-electron chi connectivity index (χ1n) is 8.05. The summed E-state index contributed by atoms with van der Waals surface area (Å²) < 4.78 is 83.4. The number of thioether (sulfide) groups is 1. The third kappa shape index (κ3) is 5.39. The van der Waals surface area contributed by atoms with Gasteiger partial charge in [0.05, 0.1) is 29.1 Å². The number of pyridine rings is 1. The molecule has 0 saturated carbocycles. The molecule has 0 aliphatic rings. The van der Waals surface area contributed by atoms with Crippen molar-refractivity contribution in [3.8, 4) is 0 Å². The lowest BCUT2D eigenvalue weighted by Crippen LogP contribution is -2.39. The van der Waals surface area contributed by atoms with Crippen LogP contribution in [0.25, 0.3) is 5.65 Å². The van der Waals surface area contributed by atoms with Gasteiger partial charge < -0.3 is 9.32 Å². The largest absolute Gasteiger partial charge is 0.467 e. The number of alkyl halides is 6. The Labute approximate surface area is 173 Å². The lowest BCUT2D eigenvalue weighted by Gasteiger charge is -2.22. The highest BCUT2D eigenvalue weighted by atomic mass is 35.5. The van der Waals surface area contributed by atoms with Gasteiger partial charge >= 0.3 is 12.4 Å². The molecule has 0 bridgehead atoms. The number of nitrogens with zero attached hydrogens (tertiary/aromatic N) is 4. The van der Waals surface area contributed by atoms with Crippen molar-refractivity contribution in [2.75, 3.05) is 12.3 Å². The van der Waals surface area contributed by atoms with E-state index in [4.69, 9.17) is 16.0 Å².